The minimum atomic E-state index is -6.16. The standard InChI is InChI=1S/C24H21F7N2O6S/c25-15-3-6-17(7-4-15)40(37,38)33-16(10-21(35)32-18-11-39-12-20(18)34)5-1-13-9-14(2-8-19(13)33)22(36,23(26,27)28)24(29,30)31/h2-4,6-9,16,18,36H,1,5,10-12H2,(H,32,35)/t16-,18?/m0/s1. The van der Waals surface area contributed by atoms with Crippen LogP contribution in [-0.2, 0) is 36.4 Å². The van der Waals surface area contributed by atoms with E-state index in [0.717, 1.165) is 24.3 Å². The molecule has 1 saturated heterocycles. The number of halogens is 7. The highest BCUT2D eigenvalue weighted by atomic mass is 32.2. The molecule has 2 aliphatic heterocycles. The highest BCUT2D eigenvalue weighted by Crippen LogP contribution is 2.51. The molecule has 8 nitrogen and oxygen atoms in total. The van der Waals surface area contributed by atoms with Crippen LogP contribution in [0.25, 0.3) is 0 Å². The minimum absolute atomic E-state index is 0.0975. The van der Waals surface area contributed by atoms with Crippen molar-refractivity contribution in [3.63, 3.8) is 0 Å². The van der Waals surface area contributed by atoms with E-state index in [2.05, 4.69) is 5.32 Å². The number of amides is 1. The van der Waals surface area contributed by atoms with Gasteiger partial charge >= 0.3 is 12.4 Å². The molecule has 0 bridgehead atoms. The quantitative estimate of drug-likeness (QED) is 0.495. The second-order valence-corrected chi connectivity index (χ2v) is 11.1. The van der Waals surface area contributed by atoms with Crippen molar-refractivity contribution in [2.45, 2.75) is 54.2 Å². The summed E-state index contributed by atoms with van der Waals surface area (Å²) in [7, 11) is -4.64. The molecule has 1 amide bonds. The lowest BCUT2D eigenvalue weighted by Gasteiger charge is -2.39. The lowest BCUT2D eigenvalue weighted by atomic mass is 9.87. The normalized spacial score (nSPS) is 20.4. The van der Waals surface area contributed by atoms with Crippen LogP contribution in [0.3, 0.4) is 0 Å². The van der Waals surface area contributed by atoms with Crippen LogP contribution in [0.15, 0.2) is 47.4 Å². The summed E-state index contributed by atoms with van der Waals surface area (Å²) in [5.74, 6) is -1.94. The molecule has 0 radical (unpaired) electrons. The van der Waals surface area contributed by atoms with E-state index in [1.54, 1.807) is 0 Å². The van der Waals surface area contributed by atoms with Crippen LogP contribution in [0.4, 0.5) is 36.4 Å². The number of sulfonamides is 1. The molecule has 1 fully saturated rings. The number of alkyl halides is 6. The number of hydrogen-bond acceptors (Lipinski definition) is 6. The molecule has 2 aromatic carbocycles. The van der Waals surface area contributed by atoms with Gasteiger partial charge in [0, 0.05) is 12.0 Å². The third-order valence-electron chi connectivity index (χ3n) is 6.68. The van der Waals surface area contributed by atoms with Gasteiger partial charge in [-0.25, -0.2) is 12.8 Å². The van der Waals surface area contributed by atoms with Gasteiger partial charge in [-0.15, -0.1) is 0 Å². The van der Waals surface area contributed by atoms with Crippen LogP contribution >= 0.6 is 0 Å². The number of carbonyl (C=O) groups excluding carboxylic acids is 2. The Morgan fingerprint density at radius 1 is 1.05 bits per heavy atom. The van der Waals surface area contributed by atoms with Gasteiger partial charge < -0.3 is 15.2 Å². The van der Waals surface area contributed by atoms with E-state index >= 15 is 0 Å². The number of benzene rings is 2. The first-order chi connectivity index (χ1) is 18.5. The van der Waals surface area contributed by atoms with Crippen molar-refractivity contribution in [2.75, 3.05) is 17.5 Å². The smallest absolute Gasteiger partial charge is 0.371 e. The van der Waals surface area contributed by atoms with Crippen LogP contribution in [0.2, 0.25) is 0 Å². The molecular weight excluding hydrogens is 577 g/mol. The van der Waals surface area contributed by atoms with Gasteiger partial charge in [0.2, 0.25) is 5.91 Å². The molecule has 1 unspecified atom stereocenters. The van der Waals surface area contributed by atoms with E-state index < -0.39 is 74.4 Å². The van der Waals surface area contributed by atoms with Crippen molar-refractivity contribution in [3.05, 3.63) is 59.4 Å². The Morgan fingerprint density at radius 2 is 1.68 bits per heavy atom. The largest absolute Gasteiger partial charge is 0.430 e. The molecule has 2 heterocycles. The van der Waals surface area contributed by atoms with Gasteiger partial charge in [-0.2, -0.15) is 26.3 Å². The van der Waals surface area contributed by atoms with Crippen LogP contribution < -0.4 is 9.62 Å². The molecule has 2 atom stereocenters. The molecule has 40 heavy (non-hydrogen) atoms. The minimum Gasteiger partial charge on any atom is -0.371 e. The molecule has 218 valence electrons. The molecule has 2 N–H and O–H groups in total. The van der Waals surface area contributed by atoms with E-state index in [1.165, 1.54) is 0 Å². The number of anilines is 1. The number of ketones is 1. The van der Waals surface area contributed by atoms with Gasteiger partial charge in [0.15, 0.2) is 5.78 Å². The molecule has 0 saturated carbocycles. The number of carbonyl (C=O) groups is 2. The molecule has 16 heteroatoms. The third-order valence-corrected chi connectivity index (χ3v) is 8.56. The molecule has 2 aromatic rings. The van der Waals surface area contributed by atoms with Crippen molar-refractivity contribution in [1.82, 2.24) is 5.32 Å². The Morgan fingerprint density at radius 3 is 2.23 bits per heavy atom. The third kappa shape index (κ3) is 5.26. The summed E-state index contributed by atoms with van der Waals surface area (Å²) in [5, 5.41) is 12.2. The predicted molar refractivity (Wildman–Crippen MR) is 123 cm³/mol. The fourth-order valence-electron chi connectivity index (χ4n) is 4.64. The van der Waals surface area contributed by atoms with Gasteiger partial charge in [0.1, 0.15) is 18.5 Å². The Balaban J connectivity index is 1.77. The van der Waals surface area contributed by atoms with E-state index in [0.29, 0.717) is 22.5 Å². The summed E-state index contributed by atoms with van der Waals surface area (Å²) in [4.78, 5) is 24.0. The zero-order chi connectivity index (χ0) is 29.7. The maximum atomic E-state index is 13.6. The van der Waals surface area contributed by atoms with Gasteiger partial charge in [0.05, 0.1) is 23.2 Å². The van der Waals surface area contributed by atoms with Gasteiger partial charge in [-0.1, -0.05) is 12.1 Å². The summed E-state index contributed by atoms with van der Waals surface area (Å²) in [6.45, 7) is -0.322. The SMILES string of the molecule is O=C(C[C@@H]1CCc2cc(C(O)(C(F)(F)F)C(F)(F)F)ccc2N1S(=O)(=O)c1ccc(F)cc1)NC1COCC1=O. The topological polar surface area (TPSA) is 113 Å². The van der Waals surface area contributed by atoms with E-state index in [-0.39, 0.29) is 37.3 Å². The maximum absolute atomic E-state index is 13.6. The zero-order valence-corrected chi connectivity index (χ0v) is 21.0. The zero-order valence-electron chi connectivity index (χ0n) is 20.2. The second kappa shape index (κ2) is 10.3. The summed E-state index contributed by atoms with van der Waals surface area (Å²) >= 11 is 0. The molecular formula is C24H21F7N2O6S. The average molecular weight is 598 g/mol. The van der Waals surface area contributed by atoms with Crippen molar-refractivity contribution < 1.29 is 58.6 Å². The maximum Gasteiger partial charge on any atom is 0.430 e. The average Bonchev–Trinajstić information content (AvgIpc) is 3.25. The van der Waals surface area contributed by atoms with E-state index in [9.17, 15) is 53.8 Å². The Kier molecular flexibility index (Phi) is 7.66. The molecule has 4 rings (SSSR count). The molecule has 0 aliphatic carbocycles. The van der Waals surface area contributed by atoms with Crippen molar-refractivity contribution in [2.24, 2.45) is 0 Å². The number of aliphatic hydroxyl groups is 1. The van der Waals surface area contributed by atoms with Crippen LogP contribution in [0.1, 0.15) is 24.0 Å². The van der Waals surface area contributed by atoms with E-state index in [4.69, 9.17) is 4.74 Å². The van der Waals surface area contributed by atoms with Crippen molar-refractivity contribution in [3.8, 4) is 0 Å². The summed E-state index contributed by atoms with van der Waals surface area (Å²) in [6, 6.07) is 2.76. The number of hydrogen-bond donors (Lipinski definition) is 2. The highest BCUT2D eigenvalue weighted by molar-refractivity contribution is 7.92. The highest BCUT2D eigenvalue weighted by Gasteiger charge is 2.71. The number of nitrogens with zero attached hydrogens (tertiary/aromatic N) is 1. The molecule has 0 spiro atoms. The Hall–Kier alpha value is -3.24. The van der Waals surface area contributed by atoms with E-state index in [1.807, 2.05) is 0 Å². The van der Waals surface area contributed by atoms with Crippen molar-refractivity contribution in [1.29, 1.82) is 0 Å². The summed E-state index contributed by atoms with van der Waals surface area (Å²) in [5.41, 5.74) is -7.40. The number of rotatable bonds is 6. The van der Waals surface area contributed by atoms with Gasteiger partial charge in [-0.05, 0) is 48.7 Å². The van der Waals surface area contributed by atoms with Crippen LogP contribution in [0.5, 0.6) is 0 Å². The Bertz CT molecular complexity index is 1400. The van der Waals surface area contributed by atoms with Crippen LogP contribution in [-0.4, -0.2) is 62.9 Å². The fraction of sp³-hybridized carbons (Fsp3) is 0.417. The first kappa shape index (κ1) is 29.7. The number of ether oxygens (including phenoxy) is 1. The summed E-state index contributed by atoms with van der Waals surface area (Å²) in [6.07, 6.45) is -13.3. The first-order valence-corrected chi connectivity index (χ1v) is 13.1. The number of fused-ring (bicyclic) bond motifs is 1. The summed E-state index contributed by atoms with van der Waals surface area (Å²) < 4.78 is 127. The predicted octanol–water partition coefficient (Wildman–Crippen LogP) is 3.12. The second-order valence-electron chi connectivity index (χ2n) is 9.30. The van der Waals surface area contributed by atoms with Gasteiger partial charge in [0.25, 0.3) is 15.6 Å². The lowest BCUT2D eigenvalue weighted by Crippen LogP contribution is -2.54. The number of nitrogens with one attached hydrogen (secondary N) is 1. The fourth-order valence-corrected chi connectivity index (χ4v) is 6.36. The number of aryl methyl sites for hydroxylation is 1. The lowest BCUT2D eigenvalue weighted by molar-refractivity contribution is -0.376. The van der Waals surface area contributed by atoms with Crippen LogP contribution in [0, 0.1) is 5.82 Å². The van der Waals surface area contributed by atoms with Gasteiger partial charge in [-0.3, -0.25) is 13.9 Å². The Labute approximate surface area is 222 Å². The molecule has 0 aromatic heterocycles. The van der Waals surface area contributed by atoms with Crippen molar-refractivity contribution >= 4 is 27.4 Å². The first-order valence-electron chi connectivity index (χ1n) is 11.7. The monoisotopic (exact) mass is 598 g/mol. The number of Topliss-reactive ketones (excluding diaryl/α,β-unsaturated/α-hetero) is 1. The molecule has 2 aliphatic rings.